The summed E-state index contributed by atoms with van der Waals surface area (Å²) in [6.45, 7) is 0. The Morgan fingerprint density at radius 3 is 3.00 bits per heavy atom. The molecular formula is C13H12N4OS2. The minimum absolute atomic E-state index is 0.113. The van der Waals surface area contributed by atoms with Gasteiger partial charge in [0.05, 0.1) is 21.7 Å². The first-order valence-corrected chi connectivity index (χ1v) is 7.62. The van der Waals surface area contributed by atoms with Crippen LogP contribution >= 0.6 is 23.1 Å². The Morgan fingerprint density at radius 1 is 1.50 bits per heavy atom. The monoisotopic (exact) mass is 304 g/mol. The number of nitrogen functional groups attached to an aromatic ring is 1. The number of para-hydroxylation sites is 1. The number of hydrogen-bond donors (Lipinski definition) is 2. The molecule has 102 valence electrons. The molecule has 3 N–H and O–H groups in total. The molecule has 7 heteroatoms. The zero-order valence-electron chi connectivity index (χ0n) is 10.5. The third-order valence-corrected chi connectivity index (χ3v) is 4.42. The van der Waals surface area contributed by atoms with Crippen LogP contribution < -0.4 is 11.1 Å². The average molecular weight is 304 g/mol. The maximum absolute atomic E-state index is 11.8. The number of carbonyl (C=O) groups excluding carboxylic acids is 1. The molecule has 0 aliphatic heterocycles. The summed E-state index contributed by atoms with van der Waals surface area (Å²) in [7, 11) is 0. The molecule has 20 heavy (non-hydrogen) atoms. The summed E-state index contributed by atoms with van der Waals surface area (Å²) in [6, 6.07) is 8.98. The number of nitrogens with zero attached hydrogens (tertiary/aromatic N) is 2. The maximum atomic E-state index is 11.8. The molecule has 0 saturated heterocycles. The molecule has 2 aromatic rings. The van der Waals surface area contributed by atoms with Crippen molar-refractivity contribution in [3.05, 3.63) is 36.0 Å². The van der Waals surface area contributed by atoms with Crippen LogP contribution in [-0.2, 0) is 4.79 Å². The summed E-state index contributed by atoms with van der Waals surface area (Å²) in [5, 5.41) is 12.2. The zero-order valence-corrected chi connectivity index (χ0v) is 12.1. The predicted octanol–water partition coefficient (Wildman–Crippen LogP) is 2.72. The Kier molecular flexibility index (Phi) is 4.98. The van der Waals surface area contributed by atoms with E-state index in [4.69, 9.17) is 11.0 Å². The van der Waals surface area contributed by atoms with Crippen molar-refractivity contribution in [2.24, 2.45) is 0 Å². The molecule has 0 unspecified atom stereocenters. The van der Waals surface area contributed by atoms with Gasteiger partial charge < -0.3 is 11.1 Å². The highest BCUT2D eigenvalue weighted by Crippen LogP contribution is 2.26. The number of nitriles is 1. The zero-order chi connectivity index (χ0) is 14.4. The van der Waals surface area contributed by atoms with E-state index < -0.39 is 0 Å². The first-order chi connectivity index (χ1) is 9.69. The Labute approximate surface area is 124 Å². The molecule has 1 heterocycles. The van der Waals surface area contributed by atoms with Crippen LogP contribution in [0.15, 0.2) is 34.7 Å². The smallest absolute Gasteiger partial charge is 0.225 e. The van der Waals surface area contributed by atoms with Gasteiger partial charge in [0.1, 0.15) is 6.07 Å². The number of rotatable bonds is 5. The van der Waals surface area contributed by atoms with Crippen LogP contribution in [0.1, 0.15) is 12.0 Å². The van der Waals surface area contributed by atoms with Crippen LogP contribution in [0.4, 0.5) is 10.8 Å². The molecular weight excluding hydrogens is 292 g/mol. The van der Waals surface area contributed by atoms with Crippen molar-refractivity contribution < 1.29 is 4.79 Å². The summed E-state index contributed by atoms with van der Waals surface area (Å²) in [6.07, 6.45) is 2.07. The van der Waals surface area contributed by atoms with Crippen molar-refractivity contribution in [2.75, 3.05) is 16.8 Å². The van der Waals surface area contributed by atoms with Gasteiger partial charge in [-0.05, 0) is 12.1 Å². The number of carbonyl (C=O) groups is 1. The Balaban J connectivity index is 1.82. The van der Waals surface area contributed by atoms with E-state index in [2.05, 4.69) is 10.3 Å². The molecule has 0 aliphatic carbocycles. The summed E-state index contributed by atoms with van der Waals surface area (Å²) in [5.41, 5.74) is 6.54. The molecule has 0 bridgehead atoms. The van der Waals surface area contributed by atoms with E-state index in [9.17, 15) is 4.79 Å². The number of benzene rings is 1. The number of nitrogens with two attached hydrogens (primary N) is 1. The topological polar surface area (TPSA) is 91.8 Å². The molecule has 1 amide bonds. The summed E-state index contributed by atoms with van der Waals surface area (Å²) < 4.78 is 0.993. The molecule has 0 fully saturated rings. The van der Waals surface area contributed by atoms with E-state index in [1.807, 2.05) is 6.07 Å². The highest BCUT2D eigenvalue weighted by molar-refractivity contribution is 8.01. The molecule has 1 aromatic heterocycles. The van der Waals surface area contributed by atoms with Gasteiger partial charge in [0.15, 0.2) is 5.13 Å². The van der Waals surface area contributed by atoms with Crippen LogP contribution in [0.2, 0.25) is 0 Å². The first-order valence-electron chi connectivity index (χ1n) is 5.82. The third-order valence-electron chi connectivity index (χ3n) is 2.40. The highest BCUT2D eigenvalue weighted by Gasteiger charge is 2.07. The second kappa shape index (κ2) is 6.93. The largest absolute Gasteiger partial charge is 0.375 e. The van der Waals surface area contributed by atoms with Gasteiger partial charge in [-0.15, -0.1) is 11.8 Å². The van der Waals surface area contributed by atoms with E-state index >= 15 is 0 Å². The van der Waals surface area contributed by atoms with Gasteiger partial charge in [0.25, 0.3) is 0 Å². The third kappa shape index (κ3) is 3.98. The van der Waals surface area contributed by atoms with E-state index in [0.29, 0.717) is 28.6 Å². The van der Waals surface area contributed by atoms with Crippen LogP contribution in [0.25, 0.3) is 0 Å². The standard InChI is InChI=1S/C13H12N4OS2/c14-7-9-3-1-2-4-10(9)17-11(18)5-6-19-12-8-16-13(15)20-12/h1-4,8H,5-6H2,(H2,15,16)(H,17,18). The van der Waals surface area contributed by atoms with Gasteiger partial charge in [-0.25, -0.2) is 4.98 Å². The Bertz CT molecular complexity index is 648. The summed E-state index contributed by atoms with van der Waals surface area (Å²) in [4.78, 5) is 15.7. The number of hydrogen-bond acceptors (Lipinski definition) is 6. The van der Waals surface area contributed by atoms with Gasteiger partial charge in [-0.2, -0.15) is 5.26 Å². The first kappa shape index (κ1) is 14.4. The van der Waals surface area contributed by atoms with Crippen molar-refractivity contribution >= 4 is 39.8 Å². The molecule has 0 saturated carbocycles. The summed E-state index contributed by atoms with van der Waals surface area (Å²) in [5.74, 6) is 0.528. The maximum Gasteiger partial charge on any atom is 0.225 e. The molecule has 0 aliphatic rings. The molecule has 1 aromatic carbocycles. The second-order valence-corrected chi connectivity index (χ2v) is 6.28. The quantitative estimate of drug-likeness (QED) is 0.829. The fourth-order valence-corrected chi connectivity index (χ4v) is 3.26. The minimum atomic E-state index is -0.113. The number of anilines is 2. The van der Waals surface area contributed by atoms with Gasteiger partial charge >= 0.3 is 0 Å². The lowest BCUT2D eigenvalue weighted by molar-refractivity contribution is -0.115. The number of nitrogens with one attached hydrogen (secondary N) is 1. The highest BCUT2D eigenvalue weighted by atomic mass is 32.2. The van der Waals surface area contributed by atoms with Gasteiger partial charge in [0.2, 0.25) is 5.91 Å². The molecule has 2 rings (SSSR count). The predicted molar refractivity (Wildman–Crippen MR) is 81.7 cm³/mol. The fraction of sp³-hybridized carbons (Fsp3) is 0.154. The van der Waals surface area contributed by atoms with Gasteiger partial charge in [-0.3, -0.25) is 4.79 Å². The Morgan fingerprint density at radius 2 is 2.30 bits per heavy atom. The van der Waals surface area contributed by atoms with Crippen molar-refractivity contribution in [1.82, 2.24) is 4.98 Å². The lowest BCUT2D eigenvalue weighted by Gasteiger charge is -2.06. The van der Waals surface area contributed by atoms with Crippen molar-refractivity contribution in [1.29, 1.82) is 5.26 Å². The molecule has 0 spiro atoms. The van der Waals surface area contributed by atoms with Crippen LogP contribution in [0.5, 0.6) is 0 Å². The molecule has 0 atom stereocenters. The fourth-order valence-electron chi connectivity index (χ4n) is 1.49. The number of thiazole rings is 1. The average Bonchev–Trinajstić information content (AvgIpc) is 2.85. The molecule has 0 radical (unpaired) electrons. The van der Waals surface area contributed by atoms with Crippen molar-refractivity contribution in [2.45, 2.75) is 10.6 Å². The van der Waals surface area contributed by atoms with E-state index in [-0.39, 0.29) is 5.91 Å². The van der Waals surface area contributed by atoms with Crippen LogP contribution in [-0.4, -0.2) is 16.6 Å². The minimum Gasteiger partial charge on any atom is -0.375 e. The van der Waals surface area contributed by atoms with Gasteiger partial charge in [0, 0.05) is 12.2 Å². The van der Waals surface area contributed by atoms with Crippen LogP contribution in [0, 0.1) is 11.3 Å². The lowest BCUT2D eigenvalue weighted by Crippen LogP contribution is -2.13. The van der Waals surface area contributed by atoms with Gasteiger partial charge in [-0.1, -0.05) is 23.5 Å². The number of thioether (sulfide) groups is 1. The Hall–Kier alpha value is -2.04. The lowest BCUT2D eigenvalue weighted by atomic mass is 10.2. The number of aromatic nitrogens is 1. The molecule has 5 nitrogen and oxygen atoms in total. The SMILES string of the molecule is N#Cc1ccccc1NC(=O)CCSc1cnc(N)s1. The van der Waals surface area contributed by atoms with Crippen molar-refractivity contribution in [3.8, 4) is 6.07 Å². The normalized spacial score (nSPS) is 9.95. The van der Waals surface area contributed by atoms with Crippen molar-refractivity contribution in [3.63, 3.8) is 0 Å². The van der Waals surface area contributed by atoms with E-state index in [1.54, 1.807) is 42.2 Å². The summed E-state index contributed by atoms with van der Waals surface area (Å²) >= 11 is 2.94. The van der Waals surface area contributed by atoms with E-state index in [0.717, 1.165) is 4.21 Å². The van der Waals surface area contributed by atoms with E-state index in [1.165, 1.54) is 11.3 Å². The van der Waals surface area contributed by atoms with Crippen LogP contribution in [0.3, 0.4) is 0 Å². The second-order valence-electron chi connectivity index (χ2n) is 3.82. The number of amides is 1.